The van der Waals surface area contributed by atoms with Crippen molar-refractivity contribution in [3.05, 3.63) is 29.3 Å². The van der Waals surface area contributed by atoms with Gasteiger partial charge in [-0.15, -0.1) is 24.8 Å². The smallest absolute Gasteiger partial charge is 0.339 e. The fourth-order valence-corrected chi connectivity index (χ4v) is 2.54. The van der Waals surface area contributed by atoms with Gasteiger partial charge in [-0.25, -0.2) is 4.79 Å². The zero-order valence-electron chi connectivity index (χ0n) is 12.9. The van der Waals surface area contributed by atoms with Crippen LogP contribution in [0.5, 0.6) is 5.75 Å². The van der Waals surface area contributed by atoms with Crippen molar-refractivity contribution in [3.63, 3.8) is 0 Å². The van der Waals surface area contributed by atoms with E-state index in [2.05, 4.69) is 16.7 Å². The lowest BCUT2D eigenvalue weighted by molar-refractivity contribution is 0.0693. The van der Waals surface area contributed by atoms with Crippen LogP contribution in [-0.4, -0.2) is 60.7 Å². The van der Waals surface area contributed by atoms with Crippen molar-refractivity contribution in [1.82, 2.24) is 9.80 Å². The first-order valence-electron chi connectivity index (χ1n) is 6.99. The van der Waals surface area contributed by atoms with E-state index >= 15 is 0 Å². The standard InChI is InChI=1S/C15H22N2O3.2ClH/c1-3-16-6-8-17(9-7-16)11-12-4-5-14(20-2)13(10-12)15(18)19;;/h4-5,10H,3,6-9,11H2,1-2H3,(H,18,19);2*1H. The van der Waals surface area contributed by atoms with Crippen LogP contribution in [0.15, 0.2) is 18.2 Å². The first-order chi connectivity index (χ1) is 9.63. The number of hydrogen-bond donors (Lipinski definition) is 1. The summed E-state index contributed by atoms with van der Waals surface area (Å²) in [6.07, 6.45) is 0. The number of carboxylic acids is 1. The fourth-order valence-electron chi connectivity index (χ4n) is 2.54. The zero-order chi connectivity index (χ0) is 14.5. The second kappa shape index (κ2) is 9.90. The molecule has 5 nitrogen and oxygen atoms in total. The van der Waals surface area contributed by atoms with E-state index < -0.39 is 5.97 Å². The lowest BCUT2D eigenvalue weighted by Gasteiger charge is -2.34. The predicted molar refractivity (Wildman–Crippen MR) is 91.8 cm³/mol. The van der Waals surface area contributed by atoms with Crippen molar-refractivity contribution < 1.29 is 14.6 Å². The lowest BCUT2D eigenvalue weighted by atomic mass is 10.1. The number of hydrogen-bond acceptors (Lipinski definition) is 4. The first kappa shape index (κ1) is 21.0. The third-order valence-electron chi connectivity index (χ3n) is 3.81. The molecule has 2 rings (SSSR count). The Labute approximate surface area is 144 Å². The van der Waals surface area contributed by atoms with Crippen LogP contribution in [0.3, 0.4) is 0 Å². The summed E-state index contributed by atoms with van der Waals surface area (Å²) in [4.78, 5) is 16.0. The van der Waals surface area contributed by atoms with Gasteiger partial charge >= 0.3 is 5.97 Å². The Morgan fingerprint density at radius 2 is 1.77 bits per heavy atom. The normalized spacial score (nSPS) is 15.5. The van der Waals surface area contributed by atoms with Crippen molar-refractivity contribution >= 4 is 30.8 Å². The number of likely N-dealkylation sites (N-methyl/N-ethyl adjacent to an activating group) is 1. The summed E-state index contributed by atoms with van der Waals surface area (Å²) in [7, 11) is 1.49. The fraction of sp³-hybridized carbons (Fsp3) is 0.533. The molecular formula is C15H24Cl2N2O3. The Hall–Kier alpha value is -1.01. The average Bonchev–Trinajstić information content (AvgIpc) is 2.48. The van der Waals surface area contributed by atoms with Crippen LogP contribution in [0.2, 0.25) is 0 Å². The highest BCUT2D eigenvalue weighted by Gasteiger charge is 2.17. The highest BCUT2D eigenvalue weighted by molar-refractivity contribution is 5.91. The van der Waals surface area contributed by atoms with E-state index in [0.29, 0.717) is 5.75 Å². The molecule has 1 aliphatic rings. The Morgan fingerprint density at radius 3 is 2.27 bits per heavy atom. The number of carboxylic acid groups (broad SMARTS) is 1. The minimum absolute atomic E-state index is 0. The van der Waals surface area contributed by atoms with Gasteiger partial charge in [-0.1, -0.05) is 13.0 Å². The number of benzene rings is 1. The summed E-state index contributed by atoms with van der Waals surface area (Å²) in [6.45, 7) is 8.29. The maximum Gasteiger partial charge on any atom is 0.339 e. The van der Waals surface area contributed by atoms with E-state index in [1.54, 1.807) is 12.1 Å². The average molecular weight is 351 g/mol. The molecule has 22 heavy (non-hydrogen) atoms. The van der Waals surface area contributed by atoms with Gasteiger partial charge in [-0.3, -0.25) is 4.90 Å². The number of aromatic carboxylic acids is 1. The molecule has 0 bridgehead atoms. The Bertz CT molecular complexity index is 478. The molecule has 0 saturated carbocycles. The van der Waals surface area contributed by atoms with E-state index in [0.717, 1.165) is 44.8 Å². The molecule has 1 aromatic rings. The molecule has 1 fully saturated rings. The predicted octanol–water partition coefficient (Wildman–Crippen LogP) is 2.37. The third kappa shape index (κ3) is 5.32. The molecular weight excluding hydrogens is 327 g/mol. The van der Waals surface area contributed by atoms with Crippen molar-refractivity contribution in [2.45, 2.75) is 13.5 Å². The summed E-state index contributed by atoms with van der Waals surface area (Å²) in [6, 6.07) is 5.39. The van der Waals surface area contributed by atoms with E-state index in [1.807, 2.05) is 6.07 Å². The second-order valence-corrected chi connectivity index (χ2v) is 5.05. The molecule has 0 unspecified atom stereocenters. The maximum atomic E-state index is 11.2. The molecule has 0 atom stereocenters. The number of rotatable bonds is 5. The molecule has 1 aromatic carbocycles. The molecule has 0 spiro atoms. The van der Waals surface area contributed by atoms with Crippen LogP contribution >= 0.6 is 24.8 Å². The summed E-state index contributed by atoms with van der Waals surface area (Å²) in [5.74, 6) is -0.531. The van der Waals surface area contributed by atoms with Crippen LogP contribution in [-0.2, 0) is 6.54 Å². The highest BCUT2D eigenvalue weighted by Crippen LogP contribution is 2.21. The molecule has 0 aliphatic carbocycles. The molecule has 1 saturated heterocycles. The summed E-state index contributed by atoms with van der Waals surface area (Å²) < 4.78 is 5.08. The Balaban J connectivity index is 0.00000220. The van der Waals surface area contributed by atoms with Gasteiger partial charge in [0, 0.05) is 32.7 Å². The lowest BCUT2D eigenvalue weighted by Crippen LogP contribution is -2.45. The molecule has 0 radical (unpaired) electrons. The number of halogens is 2. The van der Waals surface area contributed by atoms with Crippen LogP contribution in [0.4, 0.5) is 0 Å². The number of methoxy groups -OCH3 is 1. The molecule has 0 amide bonds. The molecule has 7 heteroatoms. The van der Waals surface area contributed by atoms with Gasteiger partial charge in [0.1, 0.15) is 11.3 Å². The minimum Gasteiger partial charge on any atom is -0.496 e. The molecule has 0 aromatic heterocycles. The van der Waals surface area contributed by atoms with Gasteiger partial charge in [-0.05, 0) is 24.2 Å². The third-order valence-corrected chi connectivity index (χ3v) is 3.81. The van der Waals surface area contributed by atoms with Crippen LogP contribution in [0, 0.1) is 0 Å². The minimum atomic E-state index is -0.945. The number of ether oxygens (including phenoxy) is 1. The van der Waals surface area contributed by atoms with Crippen molar-refractivity contribution in [1.29, 1.82) is 0 Å². The number of nitrogens with zero attached hydrogens (tertiary/aromatic N) is 2. The van der Waals surface area contributed by atoms with E-state index in [4.69, 9.17) is 4.74 Å². The highest BCUT2D eigenvalue weighted by atomic mass is 35.5. The SMILES string of the molecule is CCN1CCN(Cc2ccc(OC)c(C(=O)O)c2)CC1.Cl.Cl. The maximum absolute atomic E-state index is 11.2. The topological polar surface area (TPSA) is 53.0 Å². The van der Waals surface area contributed by atoms with Crippen LogP contribution < -0.4 is 4.74 Å². The Morgan fingerprint density at radius 1 is 1.18 bits per heavy atom. The summed E-state index contributed by atoms with van der Waals surface area (Å²) in [5.41, 5.74) is 1.25. The van der Waals surface area contributed by atoms with Crippen molar-refractivity contribution in [3.8, 4) is 5.75 Å². The van der Waals surface area contributed by atoms with Gasteiger partial charge in [0.2, 0.25) is 0 Å². The number of carbonyl (C=O) groups is 1. The van der Waals surface area contributed by atoms with Crippen molar-refractivity contribution in [2.24, 2.45) is 0 Å². The zero-order valence-corrected chi connectivity index (χ0v) is 14.6. The van der Waals surface area contributed by atoms with Crippen molar-refractivity contribution in [2.75, 3.05) is 39.8 Å². The second-order valence-electron chi connectivity index (χ2n) is 5.05. The van der Waals surface area contributed by atoms with Crippen LogP contribution in [0.25, 0.3) is 0 Å². The quantitative estimate of drug-likeness (QED) is 0.883. The molecule has 1 aliphatic heterocycles. The molecule has 1 heterocycles. The molecule has 1 N–H and O–H groups in total. The summed E-state index contributed by atoms with van der Waals surface area (Å²) >= 11 is 0. The molecule has 126 valence electrons. The number of piperazine rings is 1. The van der Waals surface area contributed by atoms with Gasteiger partial charge in [-0.2, -0.15) is 0 Å². The van der Waals surface area contributed by atoms with E-state index in [1.165, 1.54) is 7.11 Å². The first-order valence-corrected chi connectivity index (χ1v) is 6.99. The van der Waals surface area contributed by atoms with Gasteiger partial charge < -0.3 is 14.7 Å². The van der Waals surface area contributed by atoms with Crippen LogP contribution in [0.1, 0.15) is 22.8 Å². The van der Waals surface area contributed by atoms with Gasteiger partial charge in [0.25, 0.3) is 0 Å². The van der Waals surface area contributed by atoms with Gasteiger partial charge in [0.05, 0.1) is 7.11 Å². The van der Waals surface area contributed by atoms with E-state index in [9.17, 15) is 9.90 Å². The van der Waals surface area contributed by atoms with Gasteiger partial charge in [0.15, 0.2) is 0 Å². The van der Waals surface area contributed by atoms with E-state index in [-0.39, 0.29) is 30.4 Å². The summed E-state index contributed by atoms with van der Waals surface area (Å²) in [5, 5.41) is 9.19. The Kier molecular flexibility index (Phi) is 9.44. The monoisotopic (exact) mass is 350 g/mol. The largest absolute Gasteiger partial charge is 0.496 e.